The first-order valence-corrected chi connectivity index (χ1v) is 5.24. The standard InChI is InChI=1S/C11H13ClN2/c1-8-4-3-5-9-11(8)13-10(6-7-12)14(9)2/h3-5H,6-7H2,1-2H3. The molecule has 0 unspecified atom stereocenters. The number of fused-ring (bicyclic) bond motifs is 1. The van der Waals surface area contributed by atoms with E-state index in [1.165, 1.54) is 11.1 Å². The number of para-hydroxylation sites is 1. The molecule has 0 N–H and O–H groups in total. The van der Waals surface area contributed by atoms with Gasteiger partial charge in [-0.3, -0.25) is 0 Å². The highest BCUT2D eigenvalue weighted by molar-refractivity contribution is 6.17. The van der Waals surface area contributed by atoms with E-state index >= 15 is 0 Å². The van der Waals surface area contributed by atoms with E-state index in [2.05, 4.69) is 34.7 Å². The van der Waals surface area contributed by atoms with Crippen molar-refractivity contribution in [1.82, 2.24) is 9.55 Å². The molecule has 0 radical (unpaired) electrons. The van der Waals surface area contributed by atoms with Crippen LogP contribution in [-0.2, 0) is 13.5 Å². The van der Waals surface area contributed by atoms with Crippen molar-refractivity contribution in [3.63, 3.8) is 0 Å². The predicted octanol–water partition coefficient (Wildman–Crippen LogP) is 2.66. The number of aryl methyl sites for hydroxylation is 3. The van der Waals surface area contributed by atoms with Crippen LogP contribution in [0.4, 0.5) is 0 Å². The first-order chi connectivity index (χ1) is 6.74. The highest BCUT2D eigenvalue weighted by Crippen LogP contribution is 2.18. The Kier molecular flexibility index (Phi) is 2.46. The Balaban J connectivity index is 2.67. The van der Waals surface area contributed by atoms with Crippen molar-refractivity contribution < 1.29 is 0 Å². The summed E-state index contributed by atoms with van der Waals surface area (Å²) in [5.41, 5.74) is 3.50. The van der Waals surface area contributed by atoms with Crippen molar-refractivity contribution in [3.8, 4) is 0 Å². The third-order valence-electron chi connectivity index (χ3n) is 2.52. The van der Waals surface area contributed by atoms with Gasteiger partial charge in [0.1, 0.15) is 5.82 Å². The van der Waals surface area contributed by atoms with E-state index in [9.17, 15) is 0 Å². The number of nitrogens with zero attached hydrogens (tertiary/aromatic N) is 2. The van der Waals surface area contributed by atoms with Crippen LogP contribution in [-0.4, -0.2) is 15.4 Å². The molecule has 2 nitrogen and oxygen atoms in total. The van der Waals surface area contributed by atoms with Crippen LogP contribution in [0.15, 0.2) is 18.2 Å². The van der Waals surface area contributed by atoms with Crippen molar-refractivity contribution in [3.05, 3.63) is 29.6 Å². The molecule has 0 bridgehead atoms. The summed E-state index contributed by atoms with van der Waals surface area (Å²) in [6.07, 6.45) is 0.826. The van der Waals surface area contributed by atoms with Gasteiger partial charge in [0, 0.05) is 19.3 Å². The van der Waals surface area contributed by atoms with Crippen LogP contribution in [0.1, 0.15) is 11.4 Å². The molecule has 0 atom stereocenters. The largest absolute Gasteiger partial charge is 0.331 e. The molecule has 0 aliphatic heterocycles. The van der Waals surface area contributed by atoms with Gasteiger partial charge in [-0.25, -0.2) is 4.98 Å². The molecule has 1 aromatic carbocycles. The fourth-order valence-corrected chi connectivity index (χ4v) is 1.88. The SMILES string of the molecule is Cc1cccc2c1nc(CCCl)n2C. The minimum absolute atomic E-state index is 0.621. The number of hydrogen-bond acceptors (Lipinski definition) is 1. The van der Waals surface area contributed by atoms with E-state index in [1.807, 2.05) is 7.05 Å². The van der Waals surface area contributed by atoms with Crippen LogP contribution in [0.2, 0.25) is 0 Å². The number of benzene rings is 1. The number of imidazole rings is 1. The van der Waals surface area contributed by atoms with E-state index < -0.39 is 0 Å². The van der Waals surface area contributed by atoms with Gasteiger partial charge in [-0.1, -0.05) is 12.1 Å². The molecular formula is C11H13ClN2. The second-order valence-electron chi connectivity index (χ2n) is 3.47. The summed E-state index contributed by atoms with van der Waals surface area (Å²) in [6.45, 7) is 2.08. The van der Waals surface area contributed by atoms with Crippen molar-refractivity contribution in [1.29, 1.82) is 0 Å². The Bertz CT molecular complexity index is 460. The first kappa shape index (κ1) is 9.53. The molecule has 1 aromatic heterocycles. The lowest BCUT2D eigenvalue weighted by Crippen LogP contribution is -1.98. The number of hydrogen-bond donors (Lipinski definition) is 0. The van der Waals surface area contributed by atoms with Crippen molar-refractivity contribution in [2.24, 2.45) is 7.05 Å². The molecule has 0 aliphatic carbocycles. The highest BCUT2D eigenvalue weighted by atomic mass is 35.5. The zero-order valence-electron chi connectivity index (χ0n) is 8.42. The fraction of sp³-hybridized carbons (Fsp3) is 0.364. The Morgan fingerprint density at radius 1 is 1.43 bits per heavy atom. The minimum Gasteiger partial charge on any atom is -0.331 e. The maximum atomic E-state index is 5.72. The summed E-state index contributed by atoms with van der Waals surface area (Å²) < 4.78 is 2.12. The minimum atomic E-state index is 0.621. The molecule has 2 rings (SSSR count). The molecule has 74 valence electrons. The molecule has 14 heavy (non-hydrogen) atoms. The molecule has 0 fully saturated rings. The molecule has 0 saturated carbocycles. The van der Waals surface area contributed by atoms with E-state index in [-0.39, 0.29) is 0 Å². The van der Waals surface area contributed by atoms with E-state index in [1.54, 1.807) is 0 Å². The molecule has 2 aromatic rings. The summed E-state index contributed by atoms with van der Waals surface area (Å²) in [5, 5.41) is 0. The van der Waals surface area contributed by atoms with E-state index in [0.29, 0.717) is 5.88 Å². The topological polar surface area (TPSA) is 17.8 Å². The van der Waals surface area contributed by atoms with Gasteiger partial charge in [-0.2, -0.15) is 0 Å². The first-order valence-electron chi connectivity index (χ1n) is 4.71. The van der Waals surface area contributed by atoms with Gasteiger partial charge >= 0.3 is 0 Å². The summed E-state index contributed by atoms with van der Waals surface area (Å²) >= 11 is 5.72. The zero-order chi connectivity index (χ0) is 10.1. The number of aromatic nitrogens is 2. The smallest absolute Gasteiger partial charge is 0.110 e. The average molecular weight is 209 g/mol. The zero-order valence-corrected chi connectivity index (χ0v) is 9.17. The second-order valence-corrected chi connectivity index (χ2v) is 3.85. The molecular weight excluding hydrogens is 196 g/mol. The van der Waals surface area contributed by atoms with Crippen LogP contribution < -0.4 is 0 Å². The van der Waals surface area contributed by atoms with Gasteiger partial charge in [0.25, 0.3) is 0 Å². The Hall–Kier alpha value is -1.02. The van der Waals surface area contributed by atoms with Crippen LogP contribution in [0.5, 0.6) is 0 Å². The monoisotopic (exact) mass is 208 g/mol. The molecule has 0 saturated heterocycles. The summed E-state index contributed by atoms with van der Waals surface area (Å²) in [7, 11) is 2.04. The van der Waals surface area contributed by atoms with Crippen LogP contribution >= 0.6 is 11.6 Å². The van der Waals surface area contributed by atoms with E-state index in [0.717, 1.165) is 17.8 Å². The fourth-order valence-electron chi connectivity index (χ4n) is 1.71. The normalized spacial score (nSPS) is 11.1. The summed E-state index contributed by atoms with van der Waals surface area (Å²) in [6, 6.07) is 6.23. The lowest BCUT2D eigenvalue weighted by Gasteiger charge is -1.98. The van der Waals surface area contributed by atoms with Gasteiger partial charge in [0.15, 0.2) is 0 Å². The maximum Gasteiger partial charge on any atom is 0.110 e. The average Bonchev–Trinajstić information content (AvgIpc) is 2.48. The van der Waals surface area contributed by atoms with Gasteiger partial charge in [-0.15, -0.1) is 11.6 Å². The molecule has 3 heteroatoms. The third-order valence-corrected chi connectivity index (χ3v) is 2.71. The quantitative estimate of drug-likeness (QED) is 0.694. The van der Waals surface area contributed by atoms with Crippen LogP contribution in [0.25, 0.3) is 11.0 Å². The van der Waals surface area contributed by atoms with Gasteiger partial charge in [-0.05, 0) is 18.6 Å². The third kappa shape index (κ3) is 1.40. The van der Waals surface area contributed by atoms with Crippen LogP contribution in [0.3, 0.4) is 0 Å². The van der Waals surface area contributed by atoms with Gasteiger partial charge in [0.05, 0.1) is 11.0 Å². The predicted molar refractivity (Wildman–Crippen MR) is 59.9 cm³/mol. The Labute approximate surface area is 88.5 Å². The molecule has 0 spiro atoms. The summed E-state index contributed by atoms with van der Waals surface area (Å²) in [4.78, 5) is 4.58. The van der Waals surface area contributed by atoms with Crippen LogP contribution in [0, 0.1) is 6.92 Å². The maximum absolute atomic E-state index is 5.72. The Morgan fingerprint density at radius 3 is 2.86 bits per heavy atom. The Morgan fingerprint density at radius 2 is 2.21 bits per heavy atom. The van der Waals surface area contributed by atoms with Gasteiger partial charge in [0.2, 0.25) is 0 Å². The lowest BCUT2D eigenvalue weighted by molar-refractivity contribution is 0.831. The highest BCUT2D eigenvalue weighted by Gasteiger charge is 2.07. The second kappa shape index (κ2) is 3.62. The van der Waals surface area contributed by atoms with Crippen molar-refractivity contribution in [2.45, 2.75) is 13.3 Å². The molecule has 1 heterocycles. The summed E-state index contributed by atoms with van der Waals surface area (Å²) in [5.74, 6) is 1.68. The molecule has 0 amide bonds. The number of alkyl halides is 1. The lowest BCUT2D eigenvalue weighted by atomic mass is 10.2. The van der Waals surface area contributed by atoms with Crippen molar-refractivity contribution >= 4 is 22.6 Å². The van der Waals surface area contributed by atoms with Gasteiger partial charge < -0.3 is 4.57 Å². The molecule has 0 aliphatic rings. The number of rotatable bonds is 2. The van der Waals surface area contributed by atoms with E-state index in [4.69, 9.17) is 11.6 Å². The number of halogens is 1. The van der Waals surface area contributed by atoms with Crippen molar-refractivity contribution in [2.75, 3.05) is 5.88 Å².